The molecule has 0 saturated carbocycles. The van der Waals surface area contributed by atoms with Gasteiger partial charge >= 0.3 is 0 Å². The Morgan fingerprint density at radius 2 is 2.00 bits per heavy atom. The van der Waals surface area contributed by atoms with E-state index in [4.69, 9.17) is 4.98 Å². The Kier molecular flexibility index (Phi) is 5.18. The van der Waals surface area contributed by atoms with Gasteiger partial charge in [0.25, 0.3) is 0 Å². The van der Waals surface area contributed by atoms with Crippen LogP contribution in [-0.4, -0.2) is 47.9 Å². The number of aromatic amines is 1. The zero-order valence-corrected chi connectivity index (χ0v) is 18.1. The fourth-order valence-electron chi connectivity index (χ4n) is 4.14. The van der Waals surface area contributed by atoms with E-state index in [1.54, 1.807) is 11.3 Å². The number of hydrogen-bond acceptors (Lipinski definition) is 7. The van der Waals surface area contributed by atoms with Crippen LogP contribution in [0.1, 0.15) is 22.6 Å². The lowest BCUT2D eigenvalue weighted by atomic mass is 10.1. The minimum atomic E-state index is 0.831. The topological polar surface area (TPSA) is 72.1 Å². The summed E-state index contributed by atoms with van der Waals surface area (Å²) in [5.41, 5.74) is 7.68. The van der Waals surface area contributed by atoms with E-state index < -0.39 is 0 Å². The van der Waals surface area contributed by atoms with Crippen molar-refractivity contribution in [3.05, 3.63) is 58.9 Å². The lowest BCUT2D eigenvalue weighted by Crippen LogP contribution is -2.43. The summed E-state index contributed by atoms with van der Waals surface area (Å²) in [6.45, 7) is 12.2. The van der Waals surface area contributed by atoms with Gasteiger partial charge in [-0.1, -0.05) is 18.7 Å². The van der Waals surface area contributed by atoms with Crippen molar-refractivity contribution in [2.45, 2.75) is 19.9 Å². The Morgan fingerprint density at radius 1 is 1.17 bits per heavy atom. The minimum absolute atomic E-state index is 0.831. The van der Waals surface area contributed by atoms with Crippen molar-refractivity contribution in [2.24, 2.45) is 0 Å². The highest BCUT2D eigenvalue weighted by atomic mass is 32.1. The summed E-state index contributed by atoms with van der Waals surface area (Å²) in [7, 11) is 0. The molecule has 2 aliphatic heterocycles. The number of fused-ring (bicyclic) bond motifs is 1. The molecule has 2 aromatic heterocycles. The lowest BCUT2D eigenvalue weighted by Gasteiger charge is -2.31. The first-order valence-electron chi connectivity index (χ1n) is 10.4. The summed E-state index contributed by atoms with van der Waals surface area (Å²) < 4.78 is 0. The van der Waals surface area contributed by atoms with Crippen molar-refractivity contribution in [1.82, 2.24) is 20.5 Å². The quantitative estimate of drug-likeness (QED) is 0.588. The molecule has 0 radical (unpaired) electrons. The maximum atomic E-state index is 4.89. The number of aryl methyl sites for hydroxylation is 1. The predicted molar refractivity (Wildman–Crippen MR) is 124 cm³/mol. The molecule has 0 atom stereocenters. The van der Waals surface area contributed by atoms with Crippen LogP contribution >= 0.6 is 11.3 Å². The lowest BCUT2D eigenvalue weighted by molar-refractivity contribution is 0.589. The molecule has 8 heteroatoms. The van der Waals surface area contributed by atoms with Crippen LogP contribution in [0.2, 0.25) is 0 Å². The third kappa shape index (κ3) is 3.68. The highest BCUT2D eigenvalue weighted by Crippen LogP contribution is 2.32. The summed E-state index contributed by atoms with van der Waals surface area (Å²) in [6.07, 6.45) is 0.975. The number of benzene rings is 1. The molecule has 0 bridgehead atoms. The van der Waals surface area contributed by atoms with E-state index in [9.17, 15) is 0 Å². The monoisotopic (exact) mass is 421 g/mol. The number of para-hydroxylation sites is 2. The van der Waals surface area contributed by atoms with Crippen LogP contribution in [0, 0.1) is 6.92 Å². The molecule has 156 valence electrons. The smallest absolute Gasteiger partial charge is 0.186 e. The molecule has 7 nitrogen and oxygen atoms in total. The molecule has 4 heterocycles. The normalized spacial score (nSPS) is 16.4. The van der Waals surface area contributed by atoms with Gasteiger partial charge in [-0.25, -0.2) is 4.98 Å². The number of thiazole rings is 1. The van der Waals surface area contributed by atoms with Crippen LogP contribution in [0.5, 0.6) is 0 Å². The fraction of sp³-hybridized carbons (Fsp3) is 0.364. The molecule has 1 fully saturated rings. The minimum Gasteiger partial charge on any atom is -0.367 e. The number of aromatic nitrogens is 3. The highest BCUT2D eigenvalue weighted by molar-refractivity contribution is 7.13. The molecule has 3 aromatic rings. The van der Waals surface area contributed by atoms with Crippen molar-refractivity contribution in [3.63, 3.8) is 0 Å². The summed E-state index contributed by atoms with van der Waals surface area (Å²) in [5, 5.41) is 17.6. The molecule has 0 amide bonds. The van der Waals surface area contributed by atoms with Gasteiger partial charge in [-0.3, -0.25) is 5.10 Å². The van der Waals surface area contributed by atoms with Gasteiger partial charge in [0.2, 0.25) is 0 Å². The van der Waals surface area contributed by atoms with Crippen molar-refractivity contribution < 1.29 is 0 Å². The average Bonchev–Trinajstić information content (AvgIpc) is 3.42. The first-order valence-corrected chi connectivity index (χ1v) is 11.3. The van der Waals surface area contributed by atoms with Crippen LogP contribution in [0.4, 0.5) is 16.5 Å². The highest BCUT2D eigenvalue weighted by Gasteiger charge is 2.23. The first-order chi connectivity index (χ1) is 14.7. The molecule has 1 aromatic carbocycles. The molecule has 5 rings (SSSR count). The van der Waals surface area contributed by atoms with Gasteiger partial charge in [-0.2, -0.15) is 5.10 Å². The summed E-state index contributed by atoms with van der Waals surface area (Å²) in [6, 6.07) is 8.44. The maximum Gasteiger partial charge on any atom is 0.186 e. The van der Waals surface area contributed by atoms with E-state index in [0.717, 1.165) is 73.6 Å². The van der Waals surface area contributed by atoms with Crippen molar-refractivity contribution in [1.29, 1.82) is 0 Å². The second-order valence-electron chi connectivity index (χ2n) is 7.81. The maximum absolute atomic E-state index is 4.89. The van der Waals surface area contributed by atoms with Gasteiger partial charge in [-0.15, -0.1) is 11.3 Å². The van der Waals surface area contributed by atoms with E-state index >= 15 is 0 Å². The van der Waals surface area contributed by atoms with Crippen LogP contribution in [0.15, 0.2) is 36.2 Å². The zero-order chi connectivity index (χ0) is 20.5. The van der Waals surface area contributed by atoms with Gasteiger partial charge in [0, 0.05) is 62.3 Å². The van der Waals surface area contributed by atoms with Crippen molar-refractivity contribution in [2.75, 3.05) is 47.8 Å². The Hall–Kier alpha value is -2.84. The van der Waals surface area contributed by atoms with E-state index in [0.29, 0.717) is 0 Å². The third-order valence-corrected chi connectivity index (χ3v) is 6.76. The number of piperazine rings is 1. The van der Waals surface area contributed by atoms with Crippen LogP contribution in [-0.2, 0) is 13.0 Å². The van der Waals surface area contributed by atoms with Gasteiger partial charge in [0.1, 0.15) is 0 Å². The third-order valence-electron chi connectivity index (χ3n) is 5.86. The predicted octanol–water partition coefficient (Wildman–Crippen LogP) is 3.23. The molecule has 30 heavy (non-hydrogen) atoms. The van der Waals surface area contributed by atoms with Gasteiger partial charge < -0.3 is 20.4 Å². The second-order valence-corrected chi connectivity index (χ2v) is 8.65. The van der Waals surface area contributed by atoms with Crippen LogP contribution < -0.4 is 20.4 Å². The van der Waals surface area contributed by atoms with E-state index in [2.05, 4.69) is 73.8 Å². The summed E-state index contributed by atoms with van der Waals surface area (Å²) >= 11 is 1.68. The molecule has 1 saturated heterocycles. The molecule has 0 spiro atoms. The first kappa shape index (κ1) is 19.1. The number of anilines is 3. The van der Waals surface area contributed by atoms with Gasteiger partial charge in [0.15, 0.2) is 5.13 Å². The van der Waals surface area contributed by atoms with E-state index in [1.807, 2.05) is 0 Å². The Labute approximate surface area is 180 Å². The van der Waals surface area contributed by atoms with Gasteiger partial charge in [-0.05, 0) is 19.1 Å². The van der Waals surface area contributed by atoms with Crippen molar-refractivity contribution in [3.8, 4) is 0 Å². The molecule has 2 aliphatic rings. The number of nitrogens with zero attached hydrogens (tertiary/aromatic N) is 4. The molecular formula is C22H27N7S. The average molecular weight is 422 g/mol. The number of hydrogen-bond donors (Lipinski definition) is 3. The molecular weight excluding hydrogens is 394 g/mol. The Balaban J connectivity index is 1.31. The molecule has 3 N–H and O–H groups in total. The summed E-state index contributed by atoms with van der Waals surface area (Å²) in [4.78, 5) is 9.64. The number of rotatable bonds is 5. The van der Waals surface area contributed by atoms with Crippen LogP contribution in [0.25, 0.3) is 5.70 Å². The van der Waals surface area contributed by atoms with E-state index in [1.165, 1.54) is 16.9 Å². The number of nitrogens with one attached hydrogen (secondary N) is 3. The van der Waals surface area contributed by atoms with E-state index in [-0.39, 0.29) is 0 Å². The Morgan fingerprint density at radius 3 is 2.87 bits per heavy atom. The standard InChI is InChI=1S/C22H27N7S/c1-15-17-13-29(10-7-18(17)27-26-15)22-25-20(14-30-22)16(2)24-19-5-3-4-6-21(19)28-11-8-23-9-12-28/h3-6,14,23-24H,2,7-13H2,1H3,(H,26,27). The summed E-state index contributed by atoms with van der Waals surface area (Å²) in [5.74, 6) is 0. The number of H-pyrrole nitrogens is 1. The molecule has 0 aliphatic carbocycles. The van der Waals surface area contributed by atoms with Crippen molar-refractivity contribution >= 4 is 33.5 Å². The fourth-order valence-corrected chi connectivity index (χ4v) is 5.00. The Bertz CT molecular complexity index is 1050. The molecule has 0 unspecified atom stereocenters. The van der Waals surface area contributed by atoms with Gasteiger partial charge in [0.05, 0.1) is 28.5 Å². The largest absolute Gasteiger partial charge is 0.367 e. The second kappa shape index (κ2) is 8.12. The SMILES string of the molecule is C=C(Nc1ccccc1N1CCNCC1)c1csc(N2CCc3[nH]nc(C)c3C2)n1. The van der Waals surface area contributed by atoms with Crippen LogP contribution in [0.3, 0.4) is 0 Å². The zero-order valence-electron chi connectivity index (χ0n) is 17.2.